The molecule has 0 aromatic carbocycles. The Hall–Kier alpha value is 0.596. The van der Waals surface area contributed by atoms with Gasteiger partial charge in [-0.3, -0.25) is 0 Å². The Bertz CT molecular complexity index is 170. The molecule has 2 heteroatoms. The second-order valence-corrected chi connectivity index (χ2v) is 13.5. The van der Waals surface area contributed by atoms with Gasteiger partial charge in [-0.15, -0.1) is 0 Å². The molecule has 0 spiro atoms. The molecule has 0 aromatic heterocycles. The van der Waals surface area contributed by atoms with E-state index in [0.29, 0.717) is 0 Å². The summed E-state index contributed by atoms with van der Waals surface area (Å²) in [5.74, 6) is 0. The second kappa shape index (κ2) is 11.4. The molecule has 18 heavy (non-hydrogen) atoms. The first-order valence-electron chi connectivity index (χ1n) is 8.59. The fourth-order valence-electron chi connectivity index (χ4n) is 3.18. The van der Waals surface area contributed by atoms with E-state index in [0.717, 1.165) is 0 Å². The third kappa shape index (κ3) is 7.91. The Labute approximate surface area is 121 Å². The molecule has 0 bridgehead atoms. The van der Waals surface area contributed by atoms with Crippen molar-refractivity contribution in [2.45, 2.75) is 80.1 Å². The number of hydrogen-bond donors (Lipinski definition) is 0. The standard InChI is InChI=1S/C11H24N.C5H10.Ga/c1-4-7-10-12(9-6-3)11-8-5-2;1-3-5-4-2;/h3-11H2,1-2H3;1-5H2;. The summed E-state index contributed by atoms with van der Waals surface area (Å²) in [6.45, 7) is 8.74. The van der Waals surface area contributed by atoms with Gasteiger partial charge < -0.3 is 0 Å². The molecule has 0 aliphatic carbocycles. The molecule has 1 fully saturated rings. The van der Waals surface area contributed by atoms with Crippen LogP contribution in [0.1, 0.15) is 65.2 Å². The summed E-state index contributed by atoms with van der Waals surface area (Å²) in [7, 11) is 0. The maximum absolute atomic E-state index is 2.75. The summed E-state index contributed by atoms with van der Waals surface area (Å²) < 4.78 is 0. The van der Waals surface area contributed by atoms with Crippen molar-refractivity contribution in [2.75, 3.05) is 19.6 Å². The molecule has 1 heterocycles. The SMILES string of the molecule is CCCCN(CCCC)CC[CH2][Ga]1[CH2]CCC[CH2]1. The molecule has 0 aromatic rings. The van der Waals surface area contributed by atoms with Gasteiger partial charge in [-0.1, -0.05) is 0 Å². The van der Waals surface area contributed by atoms with Gasteiger partial charge in [0.1, 0.15) is 0 Å². The minimum atomic E-state index is -0.733. The van der Waals surface area contributed by atoms with Crippen molar-refractivity contribution in [3.8, 4) is 0 Å². The first kappa shape index (κ1) is 16.7. The molecule has 106 valence electrons. The molecule has 1 aliphatic heterocycles. The number of nitrogens with zero attached hydrogens (tertiary/aromatic N) is 1. The zero-order valence-corrected chi connectivity index (χ0v) is 15.3. The number of rotatable bonds is 10. The van der Waals surface area contributed by atoms with E-state index in [-0.39, 0.29) is 0 Å². The van der Waals surface area contributed by atoms with Crippen molar-refractivity contribution >= 4 is 16.2 Å². The fraction of sp³-hybridized carbons (Fsp3) is 1.00. The third-order valence-corrected chi connectivity index (χ3v) is 12.2. The normalized spacial score (nSPS) is 16.5. The summed E-state index contributed by atoms with van der Waals surface area (Å²) in [4.78, 5) is 7.84. The predicted octanol–water partition coefficient (Wildman–Crippen LogP) is 4.96. The van der Waals surface area contributed by atoms with Gasteiger partial charge in [-0.05, 0) is 0 Å². The molecule has 0 N–H and O–H groups in total. The molecular formula is C16H34GaN. The van der Waals surface area contributed by atoms with Gasteiger partial charge in [0.15, 0.2) is 0 Å². The first-order valence-corrected chi connectivity index (χ1v) is 13.7. The molecule has 1 aliphatic rings. The third-order valence-electron chi connectivity index (χ3n) is 4.47. The molecule has 1 nitrogen and oxygen atoms in total. The number of hydrogen-bond acceptors (Lipinski definition) is 1. The average molecular weight is 310 g/mol. The first-order chi connectivity index (χ1) is 8.86. The fourth-order valence-corrected chi connectivity index (χ4v) is 10.2. The van der Waals surface area contributed by atoms with Gasteiger partial charge in [-0.2, -0.15) is 0 Å². The molecule has 0 saturated carbocycles. The van der Waals surface area contributed by atoms with E-state index in [1.807, 2.05) is 0 Å². The Kier molecular flexibility index (Phi) is 10.6. The van der Waals surface area contributed by atoms with Crippen LogP contribution in [-0.2, 0) is 0 Å². The number of unbranched alkanes of at least 4 members (excludes halogenated alkanes) is 2. The van der Waals surface area contributed by atoms with E-state index >= 15 is 0 Å². The van der Waals surface area contributed by atoms with Crippen LogP contribution in [0.5, 0.6) is 0 Å². The molecule has 1 rings (SSSR count). The summed E-state index contributed by atoms with van der Waals surface area (Å²) in [5, 5.41) is 0. The van der Waals surface area contributed by atoms with E-state index in [9.17, 15) is 0 Å². The summed E-state index contributed by atoms with van der Waals surface area (Å²) in [6, 6.07) is 0. The topological polar surface area (TPSA) is 3.24 Å². The van der Waals surface area contributed by atoms with Crippen LogP contribution in [0.2, 0.25) is 14.9 Å². The van der Waals surface area contributed by atoms with Crippen LogP contribution >= 0.6 is 0 Å². The monoisotopic (exact) mass is 309 g/mol. The van der Waals surface area contributed by atoms with Crippen molar-refractivity contribution in [1.82, 2.24) is 4.90 Å². The van der Waals surface area contributed by atoms with Crippen molar-refractivity contribution < 1.29 is 0 Å². The van der Waals surface area contributed by atoms with Crippen molar-refractivity contribution in [2.24, 2.45) is 0 Å². The molecule has 0 radical (unpaired) electrons. The van der Waals surface area contributed by atoms with Gasteiger partial charge in [0.05, 0.1) is 0 Å². The summed E-state index contributed by atoms with van der Waals surface area (Å²) in [6.07, 6.45) is 11.7. The van der Waals surface area contributed by atoms with Gasteiger partial charge in [0.2, 0.25) is 0 Å². The molecule has 1 saturated heterocycles. The van der Waals surface area contributed by atoms with E-state index in [1.54, 1.807) is 34.2 Å². The summed E-state index contributed by atoms with van der Waals surface area (Å²) >= 11 is -0.733. The van der Waals surface area contributed by atoms with Crippen LogP contribution in [0.3, 0.4) is 0 Å². The average Bonchev–Trinajstić information content (AvgIpc) is 2.42. The second-order valence-electron chi connectivity index (χ2n) is 6.20. The Balaban J connectivity index is 2.10. The summed E-state index contributed by atoms with van der Waals surface area (Å²) in [5.41, 5.74) is 0. The molecule has 0 amide bonds. The van der Waals surface area contributed by atoms with E-state index in [4.69, 9.17) is 0 Å². The Morgan fingerprint density at radius 2 is 1.33 bits per heavy atom. The van der Waals surface area contributed by atoms with E-state index in [2.05, 4.69) is 18.7 Å². The van der Waals surface area contributed by atoms with Crippen LogP contribution in [0.4, 0.5) is 0 Å². The van der Waals surface area contributed by atoms with Crippen molar-refractivity contribution in [1.29, 1.82) is 0 Å². The maximum atomic E-state index is 2.75. The van der Waals surface area contributed by atoms with E-state index < -0.39 is 16.2 Å². The molecular weight excluding hydrogens is 276 g/mol. The van der Waals surface area contributed by atoms with Crippen LogP contribution in [-0.4, -0.2) is 40.8 Å². The van der Waals surface area contributed by atoms with Crippen LogP contribution in [0, 0.1) is 0 Å². The van der Waals surface area contributed by atoms with Gasteiger partial charge >= 0.3 is 121 Å². The van der Waals surface area contributed by atoms with Crippen molar-refractivity contribution in [3.63, 3.8) is 0 Å². The Morgan fingerprint density at radius 1 is 0.778 bits per heavy atom. The van der Waals surface area contributed by atoms with Crippen molar-refractivity contribution in [3.05, 3.63) is 0 Å². The zero-order valence-electron chi connectivity index (χ0n) is 12.9. The zero-order chi connectivity index (χ0) is 13.1. The van der Waals surface area contributed by atoms with Gasteiger partial charge in [0, 0.05) is 0 Å². The van der Waals surface area contributed by atoms with E-state index in [1.165, 1.54) is 51.7 Å². The minimum absolute atomic E-state index is 0.733. The van der Waals surface area contributed by atoms with Gasteiger partial charge in [0.25, 0.3) is 0 Å². The predicted molar refractivity (Wildman–Crippen MR) is 84.9 cm³/mol. The molecule has 0 unspecified atom stereocenters. The molecule has 0 atom stereocenters. The van der Waals surface area contributed by atoms with Crippen LogP contribution < -0.4 is 0 Å². The Morgan fingerprint density at radius 3 is 1.89 bits per heavy atom. The van der Waals surface area contributed by atoms with Crippen LogP contribution in [0.15, 0.2) is 0 Å². The quantitative estimate of drug-likeness (QED) is 0.516. The van der Waals surface area contributed by atoms with Gasteiger partial charge in [-0.25, -0.2) is 0 Å². The van der Waals surface area contributed by atoms with Crippen LogP contribution in [0.25, 0.3) is 0 Å².